The minimum atomic E-state index is -4.53. The van der Waals surface area contributed by atoms with Crippen molar-refractivity contribution < 1.29 is 26.4 Å². The van der Waals surface area contributed by atoms with E-state index < -0.39 is 33.2 Å². The lowest BCUT2D eigenvalue weighted by Crippen LogP contribution is -2.47. The molecule has 1 amide bonds. The number of nitrogens with one attached hydrogen (secondary N) is 1. The highest BCUT2D eigenvalue weighted by molar-refractivity contribution is 8.00. The highest BCUT2D eigenvalue weighted by Gasteiger charge is 2.34. The Hall–Kier alpha value is -1.33. The van der Waals surface area contributed by atoms with Crippen LogP contribution in [0, 0.1) is 0 Å². The van der Waals surface area contributed by atoms with Crippen LogP contribution in [0.15, 0.2) is 23.4 Å². The molecule has 1 saturated heterocycles. The standard InChI is InChI=1S/C15H20F3N3O3S2/c1-2-10-26(23,24)20-11-5-8-21(9-6-11)14(22)12-4-3-7-19-13(12)25-15(16,17)18/h3-4,7,11,20H,2,5-6,8-10H2,1H3. The van der Waals surface area contributed by atoms with E-state index in [1.165, 1.54) is 23.2 Å². The fourth-order valence-electron chi connectivity index (χ4n) is 2.70. The molecule has 1 fully saturated rings. The van der Waals surface area contributed by atoms with Crippen LogP contribution in [-0.2, 0) is 10.0 Å². The van der Waals surface area contributed by atoms with E-state index in [4.69, 9.17) is 0 Å². The second-order valence-electron chi connectivity index (χ2n) is 5.91. The van der Waals surface area contributed by atoms with Gasteiger partial charge in [-0.2, -0.15) is 13.2 Å². The average molecular weight is 411 g/mol. The summed E-state index contributed by atoms with van der Waals surface area (Å²) < 4.78 is 64.1. The molecule has 1 aliphatic heterocycles. The maximum Gasteiger partial charge on any atom is 0.447 e. The van der Waals surface area contributed by atoms with Crippen molar-refractivity contribution in [3.63, 3.8) is 0 Å². The average Bonchev–Trinajstić information content (AvgIpc) is 2.53. The molecular weight excluding hydrogens is 391 g/mol. The highest BCUT2D eigenvalue weighted by atomic mass is 32.2. The van der Waals surface area contributed by atoms with Crippen LogP contribution in [0.1, 0.15) is 36.5 Å². The first-order valence-electron chi connectivity index (χ1n) is 8.11. The van der Waals surface area contributed by atoms with Crippen LogP contribution >= 0.6 is 11.8 Å². The molecule has 1 aliphatic rings. The normalized spacial score (nSPS) is 16.7. The lowest BCUT2D eigenvalue weighted by Gasteiger charge is -2.32. The second-order valence-corrected chi connectivity index (χ2v) is 8.83. The predicted molar refractivity (Wildman–Crippen MR) is 92.3 cm³/mol. The van der Waals surface area contributed by atoms with E-state index in [1.807, 2.05) is 0 Å². The van der Waals surface area contributed by atoms with Crippen molar-refractivity contribution in [3.8, 4) is 0 Å². The Balaban J connectivity index is 2.01. The summed E-state index contributed by atoms with van der Waals surface area (Å²) in [6.45, 7) is 2.30. The molecule has 146 valence electrons. The van der Waals surface area contributed by atoms with Gasteiger partial charge in [0.2, 0.25) is 10.0 Å². The van der Waals surface area contributed by atoms with Crippen LogP contribution in [-0.4, -0.2) is 54.6 Å². The third-order valence-electron chi connectivity index (χ3n) is 3.82. The number of carbonyl (C=O) groups is 1. The number of thioether (sulfide) groups is 1. The number of aromatic nitrogens is 1. The summed E-state index contributed by atoms with van der Waals surface area (Å²) in [7, 11) is -3.34. The number of likely N-dealkylation sites (tertiary alicyclic amines) is 1. The summed E-state index contributed by atoms with van der Waals surface area (Å²) in [5, 5.41) is -0.379. The van der Waals surface area contributed by atoms with Crippen LogP contribution in [0.5, 0.6) is 0 Å². The first-order valence-corrected chi connectivity index (χ1v) is 10.6. The van der Waals surface area contributed by atoms with E-state index in [9.17, 15) is 26.4 Å². The molecule has 0 bridgehead atoms. The maximum absolute atomic E-state index is 12.6. The molecule has 1 aromatic heterocycles. The van der Waals surface area contributed by atoms with Crippen LogP contribution < -0.4 is 4.72 Å². The lowest BCUT2D eigenvalue weighted by molar-refractivity contribution is -0.0329. The summed E-state index contributed by atoms with van der Waals surface area (Å²) in [6, 6.07) is 2.46. The number of rotatable bonds is 6. The largest absolute Gasteiger partial charge is 0.447 e. The fourth-order valence-corrected chi connectivity index (χ4v) is 4.69. The number of halogens is 3. The highest BCUT2D eigenvalue weighted by Crippen LogP contribution is 2.37. The van der Waals surface area contributed by atoms with Gasteiger partial charge in [0.05, 0.1) is 11.3 Å². The molecule has 26 heavy (non-hydrogen) atoms. The van der Waals surface area contributed by atoms with Gasteiger partial charge < -0.3 is 4.90 Å². The number of hydrogen-bond donors (Lipinski definition) is 1. The van der Waals surface area contributed by atoms with E-state index in [0.717, 1.165) is 0 Å². The van der Waals surface area contributed by atoms with Gasteiger partial charge in [-0.05, 0) is 31.4 Å². The van der Waals surface area contributed by atoms with E-state index in [0.29, 0.717) is 19.3 Å². The summed E-state index contributed by atoms with van der Waals surface area (Å²) in [5.41, 5.74) is -4.63. The van der Waals surface area contributed by atoms with Gasteiger partial charge in [-0.3, -0.25) is 4.79 Å². The molecular formula is C15H20F3N3O3S2. The zero-order valence-electron chi connectivity index (χ0n) is 14.1. The number of carbonyl (C=O) groups excluding carboxylic acids is 1. The maximum atomic E-state index is 12.6. The van der Waals surface area contributed by atoms with E-state index >= 15 is 0 Å². The Kier molecular flexibility index (Phi) is 6.92. The minimum Gasteiger partial charge on any atom is -0.338 e. The molecule has 2 heterocycles. The Morgan fingerprint density at radius 3 is 2.62 bits per heavy atom. The SMILES string of the molecule is CCCS(=O)(=O)NC1CCN(C(=O)c2cccnc2SC(F)(F)F)CC1. The summed E-state index contributed by atoms with van der Waals surface area (Å²) in [6.07, 6.45) is 2.54. The minimum absolute atomic E-state index is 0.0415. The van der Waals surface area contributed by atoms with Crippen molar-refractivity contribution in [3.05, 3.63) is 23.9 Å². The molecule has 0 aliphatic carbocycles. The predicted octanol–water partition coefficient (Wildman–Crippen LogP) is 2.63. The molecule has 11 heteroatoms. The van der Waals surface area contributed by atoms with Gasteiger partial charge in [0.15, 0.2) is 0 Å². The summed E-state index contributed by atoms with van der Waals surface area (Å²) in [4.78, 5) is 17.7. The summed E-state index contributed by atoms with van der Waals surface area (Å²) in [5.74, 6) is -0.487. The number of amides is 1. The third kappa shape index (κ3) is 6.13. The van der Waals surface area contributed by atoms with Crippen molar-refractivity contribution in [2.24, 2.45) is 0 Å². The fraction of sp³-hybridized carbons (Fsp3) is 0.600. The van der Waals surface area contributed by atoms with E-state index in [1.54, 1.807) is 6.92 Å². The van der Waals surface area contributed by atoms with Crippen molar-refractivity contribution >= 4 is 27.7 Å². The molecule has 0 aromatic carbocycles. The number of pyridine rings is 1. The van der Waals surface area contributed by atoms with E-state index in [2.05, 4.69) is 9.71 Å². The van der Waals surface area contributed by atoms with Crippen molar-refractivity contribution in [2.75, 3.05) is 18.8 Å². The van der Waals surface area contributed by atoms with Gasteiger partial charge in [-0.25, -0.2) is 18.1 Å². The number of sulfonamides is 1. The van der Waals surface area contributed by atoms with Crippen molar-refractivity contribution in [1.29, 1.82) is 0 Å². The van der Waals surface area contributed by atoms with E-state index in [-0.39, 0.29) is 35.5 Å². The monoisotopic (exact) mass is 411 g/mol. The molecule has 2 rings (SSSR count). The van der Waals surface area contributed by atoms with Crippen LogP contribution in [0.25, 0.3) is 0 Å². The third-order valence-corrected chi connectivity index (χ3v) is 6.20. The first kappa shape index (κ1) is 21.0. The molecule has 0 unspecified atom stereocenters. The van der Waals surface area contributed by atoms with Gasteiger partial charge in [0.1, 0.15) is 5.03 Å². The smallest absolute Gasteiger partial charge is 0.338 e. The molecule has 0 radical (unpaired) electrons. The number of piperidine rings is 1. The van der Waals surface area contributed by atoms with Crippen LogP contribution in [0.4, 0.5) is 13.2 Å². The zero-order valence-corrected chi connectivity index (χ0v) is 15.8. The number of nitrogens with zero attached hydrogens (tertiary/aromatic N) is 2. The van der Waals surface area contributed by atoms with Crippen LogP contribution in [0.3, 0.4) is 0 Å². The molecule has 1 aromatic rings. The van der Waals surface area contributed by atoms with Crippen molar-refractivity contribution in [1.82, 2.24) is 14.6 Å². The Morgan fingerprint density at radius 2 is 2.04 bits per heavy atom. The quantitative estimate of drug-likeness (QED) is 0.728. The molecule has 0 saturated carbocycles. The van der Waals surface area contributed by atoms with Gasteiger partial charge in [-0.15, -0.1) is 0 Å². The molecule has 0 spiro atoms. The topological polar surface area (TPSA) is 79.4 Å². The van der Waals surface area contributed by atoms with Gasteiger partial charge >= 0.3 is 5.51 Å². The van der Waals surface area contributed by atoms with Crippen molar-refractivity contribution in [2.45, 2.75) is 42.8 Å². The Morgan fingerprint density at radius 1 is 1.38 bits per heavy atom. The number of alkyl halides is 3. The zero-order chi connectivity index (χ0) is 19.4. The molecule has 0 atom stereocenters. The lowest BCUT2D eigenvalue weighted by atomic mass is 10.1. The molecule has 1 N–H and O–H groups in total. The second kappa shape index (κ2) is 8.57. The first-order chi connectivity index (χ1) is 12.1. The van der Waals surface area contributed by atoms with Gasteiger partial charge in [-0.1, -0.05) is 6.92 Å². The van der Waals surface area contributed by atoms with Gasteiger partial charge in [0.25, 0.3) is 5.91 Å². The summed E-state index contributed by atoms with van der Waals surface area (Å²) >= 11 is -0.417. The van der Waals surface area contributed by atoms with Gasteiger partial charge in [0, 0.05) is 37.1 Å². The molecule has 6 nitrogen and oxygen atoms in total. The Labute approximate surface area is 154 Å². The number of hydrogen-bond acceptors (Lipinski definition) is 5. The Bertz CT molecular complexity index is 733. The van der Waals surface area contributed by atoms with Crippen LogP contribution in [0.2, 0.25) is 0 Å².